The van der Waals surface area contributed by atoms with Gasteiger partial charge in [0.1, 0.15) is 5.78 Å². The van der Waals surface area contributed by atoms with E-state index in [9.17, 15) is 9.59 Å². The van der Waals surface area contributed by atoms with Crippen molar-refractivity contribution in [3.05, 3.63) is 0 Å². The van der Waals surface area contributed by atoms with E-state index in [1.807, 2.05) is 13.8 Å². The quantitative estimate of drug-likeness (QED) is 0.540. The second-order valence-corrected chi connectivity index (χ2v) is 10.5. The van der Waals surface area contributed by atoms with Crippen molar-refractivity contribution in [1.82, 2.24) is 0 Å². The van der Waals surface area contributed by atoms with Crippen LogP contribution < -0.4 is 0 Å². The maximum atomic E-state index is 12.0. The highest BCUT2D eigenvalue weighted by Crippen LogP contribution is 2.67. The number of rotatable bonds is 4. The molecule has 0 aromatic rings. The van der Waals surface area contributed by atoms with Gasteiger partial charge in [-0.2, -0.15) is 0 Å². The lowest BCUT2D eigenvalue weighted by atomic mass is 9.44. The summed E-state index contributed by atoms with van der Waals surface area (Å²) in [5.41, 5.74) is 0.840. The second-order valence-electron chi connectivity index (χ2n) is 10.5. The zero-order valence-electron chi connectivity index (χ0n) is 18.6. The zero-order valence-corrected chi connectivity index (χ0v) is 18.6. The van der Waals surface area contributed by atoms with Gasteiger partial charge in [0.05, 0.1) is 0 Å². The van der Waals surface area contributed by atoms with E-state index in [2.05, 4.69) is 13.8 Å². The van der Waals surface area contributed by atoms with E-state index >= 15 is 0 Å². The molecular weight excluding hydrogens is 360 g/mol. The zero-order chi connectivity index (χ0) is 20.5. The van der Waals surface area contributed by atoms with E-state index in [4.69, 9.17) is 5.11 Å². The summed E-state index contributed by atoms with van der Waals surface area (Å²) < 4.78 is 0. The number of hydrogen-bond acceptors (Lipinski definition) is 2. The van der Waals surface area contributed by atoms with Crippen molar-refractivity contribution in [2.24, 2.45) is 40.4 Å². The van der Waals surface area contributed by atoms with Gasteiger partial charge in [-0.15, -0.1) is 0 Å². The molecule has 7 atom stereocenters. The molecule has 0 saturated heterocycles. The highest BCUT2D eigenvalue weighted by atomic mass is 16.4. The van der Waals surface area contributed by atoms with Gasteiger partial charge in [-0.3, -0.25) is 9.59 Å². The lowest BCUT2D eigenvalue weighted by Crippen LogP contribution is -2.53. The minimum Gasteiger partial charge on any atom is -0.481 e. The van der Waals surface area contributed by atoms with Gasteiger partial charge in [0.15, 0.2) is 0 Å². The molecule has 0 aromatic heterocycles. The molecule has 1 N–H and O–H groups in total. The third-order valence-electron chi connectivity index (χ3n) is 9.62. The number of hydrogen-bond donors (Lipinski definition) is 1. The fourth-order valence-corrected chi connectivity index (χ4v) is 8.13. The summed E-state index contributed by atoms with van der Waals surface area (Å²) in [5.74, 6) is 3.75. The first-order chi connectivity index (χ1) is 13.3. The molecule has 0 heterocycles. The van der Waals surface area contributed by atoms with Crippen LogP contribution in [-0.4, -0.2) is 16.9 Å². The summed E-state index contributed by atoms with van der Waals surface area (Å²) in [7, 11) is 0. The first-order valence-electron chi connectivity index (χ1n) is 12.1. The van der Waals surface area contributed by atoms with Gasteiger partial charge in [0.2, 0.25) is 0 Å². The van der Waals surface area contributed by atoms with Crippen LogP contribution in [0.4, 0.5) is 0 Å². The van der Waals surface area contributed by atoms with Crippen molar-refractivity contribution in [2.45, 2.75) is 112 Å². The van der Waals surface area contributed by atoms with E-state index in [1.54, 1.807) is 0 Å². The molecule has 29 heavy (non-hydrogen) atoms. The third kappa shape index (κ3) is 4.30. The van der Waals surface area contributed by atoms with Crippen LogP contribution in [0.1, 0.15) is 112 Å². The second kappa shape index (κ2) is 9.52. The fraction of sp³-hybridized carbons (Fsp3) is 0.923. The summed E-state index contributed by atoms with van der Waals surface area (Å²) >= 11 is 0. The molecular formula is C26H46O3. The Labute approximate surface area is 179 Å². The van der Waals surface area contributed by atoms with E-state index in [1.165, 1.54) is 38.5 Å². The Balaban J connectivity index is 0.000000970. The largest absolute Gasteiger partial charge is 0.481 e. The van der Waals surface area contributed by atoms with Crippen LogP contribution in [0.5, 0.6) is 0 Å². The number of carbonyl (C=O) groups is 2. The van der Waals surface area contributed by atoms with Crippen LogP contribution in [0.3, 0.4) is 0 Å². The number of Topliss-reactive ketones (excluding diaryl/α,β-unsaturated/α-hetero) is 1. The maximum absolute atomic E-state index is 12.0. The van der Waals surface area contributed by atoms with Gasteiger partial charge < -0.3 is 5.11 Å². The minimum atomic E-state index is -0.647. The van der Waals surface area contributed by atoms with Crippen molar-refractivity contribution < 1.29 is 14.7 Å². The molecule has 4 fully saturated rings. The Bertz CT molecular complexity index is 585. The van der Waals surface area contributed by atoms with Gasteiger partial charge in [-0.1, -0.05) is 35.1 Å². The number of ketones is 1. The molecule has 4 rings (SSSR count). The average Bonchev–Trinajstić information content (AvgIpc) is 3.00. The first kappa shape index (κ1) is 24.4. The molecule has 4 aliphatic rings. The minimum absolute atomic E-state index is 0. The molecule has 4 aliphatic carbocycles. The number of carboxylic acids is 1. The summed E-state index contributed by atoms with van der Waals surface area (Å²) in [6.07, 6.45) is 13.0. The lowest BCUT2D eigenvalue weighted by Gasteiger charge is -2.60. The Hall–Kier alpha value is -0.860. The fourth-order valence-electron chi connectivity index (χ4n) is 8.13. The normalized spacial score (nSPS) is 43.0. The first-order valence-corrected chi connectivity index (χ1v) is 12.1. The van der Waals surface area contributed by atoms with Crippen LogP contribution in [0, 0.1) is 40.4 Å². The predicted octanol–water partition coefficient (Wildman–Crippen LogP) is 7.13. The molecule has 0 spiro atoms. The Morgan fingerprint density at radius 2 is 1.69 bits per heavy atom. The highest BCUT2D eigenvalue weighted by Gasteiger charge is 2.59. The molecule has 3 nitrogen and oxygen atoms in total. The number of fused-ring (bicyclic) bond motifs is 5. The van der Waals surface area contributed by atoms with Crippen molar-refractivity contribution in [2.75, 3.05) is 0 Å². The van der Waals surface area contributed by atoms with Crippen LogP contribution >= 0.6 is 0 Å². The summed E-state index contributed by atoms with van der Waals surface area (Å²) in [6, 6.07) is 0. The number of carboxylic acid groups (broad SMARTS) is 1. The van der Waals surface area contributed by atoms with Gasteiger partial charge in [0, 0.05) is 19.3 Å². The van der Waals surface area contributed by atoms with E-state index in [0.717, 1.165) is 55.8 Å². The maximum Gasteiger partial charge on any atom is 0.303 e. The molecule has 0 radical (unpaired) electrons. The molecule has 3 heteroatoms. The molecule has 168 valence electrons. The monoisotopic (exact) mass is 406 g/mol. The summed E-state index contributed by atoms with van der Waals surface area (Å²) in [6.45, 7) is 9.05. The van der Waals surface area contributed by atoms with Gasteiger partial charge >= 0.3 is 5.97 Å². The predicted molar refractivity (Wildman–Crippen MR) is 120 cm³/mol. The van der Waals surface area contributed by atoms with Crippen molar-refractivity contribution in [1.29, 1.82) is 0 Å². The third-order valence-corrected chi connectivity index (χ3v) is 9.62. The van der Waals surface area contributed by atoms with Crippen molar-refractivity contribution >= 4 is 11.8 Å². The lowest BCUT2D eigenvalue weighted by molar-refractivity contribution is -0.139. The molecule has 0 amide bonds. The van der Waals surface area contributed by atoms with Crippen LogP contribution in [-0.2, 0) is 9.59 Å². The molecule has 4 saturated carbocycles. The number of carbonyl (C=O) groups excluding carboxylic acids is 1. The van der Waals surface area contributed by atoms with Crippen LogP contribution in [0.25, 0.3) is 0 Å². The van der Waals surface area contributed by atoms with E-state index in [0.29, 0.717) is 29.0 Å². The Kier molecular flexibility index (Phi) is 8.01. The smallest absolute Gasteiger partial charge is 0.303 e. The van der Waals surface area contributed by atoms with Gasteiger partial charge in [0.25, 0.3) is 0 Å². The molecule has 0 bridgehead atoms. The number of aliphatic carboxylic acids is 1. The van der Waals surface area contributed by atoms with Crippen molar-refractivity contribution in [3.8, 4) is 0 Å². The molecule has 0 aromatic carbocycles. The summed E-state index contributed by atoms with van der Waals surface area (Å²) in [5, 5.41) is 8.97. The topological polar surface area (TPSA) is 54.4 Å². The standard InChI is InChI=1S/C23H36O3.C2H6.CH4/c1-22-13-11-20-18(8-6-16-14-17(24)10-12-23(16,20)2)19(22)9-7-15(22)4-3-5-21(25)26;1-2;/h15-16,18-20H,3-14H2,1-2H3,(H,25,26);1-2H3;1H4. The highest BCUT2D eigenvalue weighted by molar-refractivity contribution is 5.79. The van der Waals surface area contributed by atoms with Gasteiger partial charge in [-0.25, -0.2) is 0 Å². The average molecular weight is 407 g/mol. The summed E-state index contributed by atoms with van der Waals surface area (Å²) in [4.78, 5) is 22.9. The van der Waals surface area contributed by atoms with Crippen molar-refractivity contribution in [3.63, 3.8) is 0 Å². The Morgan fingerprint density at radius 1 is 1.00 bits per heavy atom. The van der Waals surface area contributed by atoms with E-state index < -0.39 is 5.97 Å². The SMILES string of the molecule is C.CC.CC12CCC3C(CCC4CC(=O)CCC43C)C1CCC2CCCC(=O)O. The molecule has 0 aliphatic heterocycles. The van der Waals surface area contributed by atoms with Crippen LogP contribution in [0.15, 0.2) is 0 Å². The molecule has 7 unspecified atom stereocenters. The van der Waals surface area contributed by atoms with E-state index in [-0.39, 0.29) is 7.43 Å². The van der Waals surface area contributed by atoms with Crippen LogP contribution in [0.2, 0.25) is 0 Å². The van der Waals surface area contributed by atoms with Gasteiger partial charge in [-0.05, 0) is 98.2 Å². The Morgan fingerprint density at radius 3 is 2.38 bits per heavy atom.